The lowest BCUT2D eigenvalue weighted by Crippen LogP contribution is -2.46. The van der Waals surface area contributed by atoms with Gasteiger partial charge in [0, 0.05) is 41.2 Å². The second-order valence-electron chi connectivity index (χ2n) is 7.57. The van der Waals surface area contributed by atoms with Gasteiger partial charge in [0.2, 0.25) is 0 Å². The molecule has 6 nitrogen and oxygen atoms in total. The van der Waals surface area contributed by atoms with Gasteiger partial charge in [0.25, 0.3) is 0 Å². The topological polar surface area (TPSA) is 83.6 Å². The van der Waals surface area contributed by atoms with Gasteiger partial charge in [-0.25, -0.2) is 0 Å². The number of H-pyrrole nitrogens is 1. The molecular formula is C23H25ClN2O4. The quantitative estimate of drug-likeness (QED) is 0.494. The van der Waals surface area contributed by atoms with Gasteiger partial charge in [-0.1, -0.05) is 41.9 Å². The Morgan fingerprint density at radius 1 is 1.23 bits per heavy atom. The number of halogens is 1. The van der Waals surface area contributed by atoms with Crippen LogP contribution in [0.4, 0.5) is 0 Å². The largest absolute Gasteiger partial charge is 0.480 e. The third kappa shape index (κ3) is 3.96. The number of aromatic nitrogens is 1. The van der Waals surface area contributed by atoms with E-state index in [2.05, 4.69) is 16.4 Å². The number of rotatable bonds is 7. The zero-order valence-electron chi connectivity index (χ0n) is 16.9. The summed E-state index contributed by atoms with van der Waals surface area (Å²) in [4.78, 5) is 15.5. The summed E-state index contributed by atoms with van der Waals surface area (Å²) < 4.78 is 11.0. The number of aromatic amines is 1. The Bertz CT molecular complexity index is 1060. The third-order valence-electron chi connectivity index (χ3n) is 5.75. The maximum Gasteiger partial charge on any atom is 0.321 e. The first-order valence-electron chi connectivity index (χ1n) is 9.96. The lowest BCUT2D eigenvalue weighted by atomic mass is 9.85. The molecular weight excluding hydrogens is 404 g/mol. The van der Waals surface area contributed by atoms with Crippen LogP contribution in [0.25, 0.3) is 10.9 Å². The fourth-order valence-electron chi connectivity index (χ4n) is 4.21. The van der Waals surface area contributed by atoms with Gasteiger partial charge in [-0.15, -0.1) is 0 Å². The highest BCUT2D eigenvalue weighted by atomic mass is 35.5. The van der Waals surface area contributed by atoms with E-state index in [-0.39, 0.29) is 12.5 Å². The van der Waals surface area contributed by atoms with Crippen molar-refractivity contribution in [3.63, 3.8) is 0 Å². The van der Waals surface area contributed by atoms with Crippen LogP contribution in [-0.2, 0) is 27.2 Å². The Kier molecular flexibility index (Phi) is 6.11. The van der Waals surface area contributed by atoms with E-state index in [0.29, 0.717) is 13.0 Å². The molecule has 30 heavy (non-hydrogen) atoms. The number of hydrogen-bond donors (Lipinski definition) is 3. The molecule has 7 heteroatoms. The minimum atomic E-state index is -0.891. The summed E-state index contributed by atoms with van der Waals surface area (Å²) >= 11 is 6.41. The highest BCUT2D eigenvalue weighted by Gasteiger charge is 2.37. The van der Waals surface area contributed by atoms with Crippen LogP contribution in [0.3, 0.4) is 0 Å². The van der Waals surface area contributed by atoms with Gasteiger partial charge in [0.15, 0.2) is 6.29 Å². The normalized spacial score (nSPS) is 19.6. The molecule has 2 aromatic carbocycles. The predicted octanol–water partition coefficient (Wildman–Crippen LogP) is 4.06. The number of carboxylic acids is 1. The number of fused-ring (bicyclic) bond motifs is 3. The number of carboxylic acid groups (broad SMARTS) is 1. The average molecular weight is 429 g/mol. The fraction of sp³-hybridized carbons (Fsp3) is 0.348. The molecule has 0 aliphatic carbocycles. The molecule has 2 heterocycles. The molecule has 0 bridgehead atoms. The van der Waals surface area contributed by atoms with Crippen molar-refractivity contribution in [2.24, 2.45) is 0 Å². The van der Waals surface area contributed by atoms with E-state index >= 15 is 0 Å². The van der Waals surface area contributed by atoms with Gasteiger partial charge in [0.05, 0.1) is 6.61 Å². The van der Waals surface area contributed by atoms with Gasteiger partial charge in [0.1, 0.15) is 6.04 Å². The van der Waals surface area contributed by atoms with Gasteiger partial charge in [-0.3, -0.25) is 10.1 Å². The molecule has 0 radical (unpaired) electrons. The van der Waals surface area contributed by atoms with E-state index in [1.807, 2.05) is 36.4 Å². The first-order chi connectivity index (χ1) is 14.5. The lowest BCUT2D eigenvalue weighted by Gasteiger charge is -2.31. The Hall–Kier alpha value is -2.38. The maximum atomic E-state index is 12.0. The van der Waals surface area contributed by atoms with Crippen molar-refractivity contribution >= 4 is 28.5 Å². The first-order valence-corrected chi connectivity index (χ1v) is 10.3. The molecule has 3 atom stereocenters. The number of carbonyl (C=O) groups is 1. The minimum absolute atomic E-state index is 0.235. The predicted molar refractivity (Wildman–Crippen MR) is 116 cm³/mol. The van der Waals surface area contributed by atoms with Crippen molar-refractivity contribution in [3.8, 4) is 0 Å². The van der Waals surface area contributed by atoms with Gasteiger partial charge in [-0.2, -0.15) is 0 Å². The number of benzene rings is 2. The van der Waals surface area contributed by atoms with Gasteiger partial charge < -0.3 is 19.6 Å². The summed E-state index contributed by atoms with van der Waals surface area (Å²) in [5, 5.41) is 14.7. The summed E-state index contributed by atoms with van der Waals surface area (Å²) in [6.45, 7) is 2.49. The Morgan fingerprint density at radius 2 is 2.00 bits per heavy atom. The van der Waals surface area contributed by atoms with Crippen LogP contribution < -0.4 is 5.32 Å². The van der Waals surface area contributed by atoms with Gasteiger partial charge >= 0.3 is 5.97 Å². The van der Waals surface area contributed by atoms with E-state index < -0.39 is 18.3 Å². The molecule has 3 aromatic rings. The van der Waals surface area contributed by atoms with E-state index in [9.17, 15) is 9.90 Å². The van der Waals surface area contributed by atoms with E-state index in [4.69, 9.17) is 21.1 Å². The van der Waals surface area contributed by atoms with Crippen LogP contribution >= 0.6 is 11.6 Å². The molecule has 0 spiro atoms. The zero-order chi connectivity index (χ0) is 21.3. The molecule has 1 aliphatic rings. The minimum Gasteiger partial charge on any atom is -0.480 e. The molecule has 0 fully saturated rings. The lowest BCUT2D eigenvalue weighted by molar-refractivity contribution is -0.144. The number of ether oxygens (including phenoxy) is 2. The molecule has 1 aliphatic heterocycles. The number of nitrogens with one attached hydrogen (secondary N) is 2. The summed E-state index contributed by atoms with van der Waals surface area (Å²) in [5.41, 5.74) is 5.12. The summed E-state index contributed by atoms with van der Waals surface area (Å²) in [6, 6.07) is 13.2. The summed E-state index contributed by atoms with van der Waals surface area (Å²) in [7, 11) is 1.57. The van der Waals surface area contributed by atoms with Crippen LogP contribution in [0.1, 0.15) is 35.2 Å². The third-order valence-corrected chi connectivity index (χ3v) is 6.12. The van der Waals surface area contributed by atoms with Crippen molar-refractivity contribution in [2.75, 3.05) is 13.7 Å². The van der Waals surface area contributed by atoms with Crippen LogP contribution in [0, 0.1) is 0 Å². The molecule has 4 rings (SSSR count). The standard InChI is InChI=1S/C23H25ClN2O4/c1-13(29-2)30-12-16-21-19(11-25-22(16)23(27)28)26-18-9-5-7-15(20(18)21)10-14-6-3-4-8-17(14)24/h3-9,13,16,22,25-26H,10-12H2,1-2H3,(H,27,28). The first kappa shape index (κ1) is 20.9. The Labute approximate surface area is 180 Å². The van der Waals surface area contributed by atoms with Crippen LogP contribution in [-0.4, -0.2) is 42.1 Å². The van der Waals surface area contributed by atoms with Crippen LogP contribution in [0.15, 0.2) is 42.5 Å². The fourth-order valence-corrected chi connectivity index (χ4v) is 4.42. The van der Waals surface area contributed by atoms with Crippen molar-refractivity contribution in [1.29, 1.82) is 0 Å². The van der Waals surface area contributed by atoms with E-state index in [1.165, 1.54) is 0 Å². The summed E-state index contributed by atoms with van der Waals surface area (Å²) in [5.74, 6) is -1.25. The van der Waals surface area contributed by atoms with Gasteiger partial charge in [-0.05, 0) is 42.2 Å². The molecule has 0 saturated heterocycles. The maximum absolute atomic E-state index is 12.0. The van der Waals surface area contributed by atoms with Crippen molar-refractivity contribution < 1.29 is 19.4 Å². The number of aliphatic carboxylic acids is 1. The van der Waals surface area contributed by atoms with Crippen molar-refractivity contribution in [3.05, 3.63) is 69.9 Å². The van der Waals surface area contributed by atoms with E-state index in [0.717, 1.165) is 38.3 Å². The SMILES string of the molecule is COC(C)OCC1c2c([nH]c3cccc(Cc4ccccc4Cl)c23)CNC1C(=O)O. The smallest absolute Gasteiger partial charge is 0.321 e. The average Bonchev–Trinajstić information content (AvgIpc) is 3.13. The second-order valence-corrected chi connectivity index (χ2v) is 7.97. The van der Waals surface area contributed by atoms with Crippen LogP contribution in [0.5, 0.6) is 0 Å². The molecule has 3 N–H and O–H groups in total. The molecule has 3 unspecified atom stereocenters. The summed E-state index contributed by atoms with van der Waals surface area (Å²) in [6.07, 6.45) is 0.242. The number of methoxy groups -OCH3 is 1. The van der Waals surface area contributed by atoms with E-state index in [1.54, 1.807) is 14.0 Å². The van der Waals surface area contributed by atoms with Crippen molar-refractivity contribution in [1.82, 2.24) is 10.3 Å². The van der Waals surface area contributed by atoms with Crippen molar-refractivity contribution in [2.45, 2.75) is 38.1 Å². The highest BCUT2D eigenvalue weighted by Crippen LogP contribution is 2.38. The Balaban J connectivity index is 1.81. The Morgan fingerprint density at radius 3 is 2.73 bits per heavy atom. The second kappa shape index (κ2) is 8.78. The molecule has 0 saturated carbocycles. The molecule has 158 valence electrons. The highest BCUT2D eigenvalue weighted by molar-refractivity contribution is 6.31. The molecule has 0 amide bonds. The molecule has 1 aromatic heterocycles. The number of hydrogen-bond acceptors (Lipinski definition) is 4. The zero-order valence-corrected chi connectivity index (χ0v) is 17.7. The monoisotopic (exact) mass is 428 g/mol. The van der Waals surface area contributed by atoms with Crippen LogP contribution in [0.2, 0.25) is 5.02 Å².